The van der Waals surface area contributed by atoms with Gasteiger partial charge in [-0.25, -0.2) is 0 Å². The molecule has 0 bridgehead atoms. The summed E-state index contributed by atoms with van der Waals surface area (Å²) < 4.78 is 0. The first-order valence-corrected chi connectivity index (χ1v) is 4.29. The van der Waals surface area contributed by atoms with Crippen molar-refractivity contribution in [1.29, 1.82) is 0 Å². The highest BCUT2D eigenvalue weighted by Gasteiger charge is 2.33. The molecule has 0 saturated heterocycles. The van der Waals surface area contributed by atoms with Gasteiger partial charge >= 0.3 is 0 Å². The summed E-state index contributed by atoms with van der Waals surface area (Å²) in [6.45, 7) is 6.44. The molecule has 1 rings (SSSR count). The summed E-state index contributed by atoms with van der Waals surface area (Å²) in [6, 6.07) is 0. The molecule has 0 amide bonds. The first-order valence-electron chi connectivity index (χ1n) is 4.29. The van der Waals surface area contributed by atoms with Crippen molar-refractivity contribution in [1.82, 2.24) is 0 Å². The highest BCUT2D eigenvalue weighted by atomic mass is 16.3. The van der Waals surface area contributed by atoms with Crippen LogP contribution in [0.25, 0.3) is 0 Å². The zero-order chi connectivity index (χ0) is 7.72. The van der Waals surface area contributed by atoms with E-state index in [9.17, 15) is 5.11 Å². The van der Waals surface area contributed by atoms with Crippen molar-refractivity contribution in [2.45, 2.75) is 39.7 Å². The molecule has 1 saturated carbocycles. The Balaban J connectivity index is 2.18. The number of hydrogen-bond donors (Lipinski definition) is 1. The van der Waals surface area contributed by atoms with Gasteiger partial charge in [0, 0.05) is 0 Å². The fourth-order valence-electron chi connectivity index (χ4n) is 1.65. The largest absolute Gasteiger partial charge is 0.393 e. The Bertz CT molecular complexity index is 89.3. The van der Waals surface area contributed by atoms with Crippen molar-refractivity contribution in [3.63, 3.8) is 0 Å². The van der Waals surface area contributed by atoms with Gasteiger partial charge in [0.25, 0.3) is 0 Å². The Hall–Kier alpha value is -0.0400. The fraction of sp³-hybridized carbons (Fsp3) is 1.00. The minimum absolute atomic E-state index is 0.0741. The highest BCUT2D eigenvalue weighted by Crippen LogP contribution is 2.40. The van der Waals surface area contributed by atoms with Gasteiger partial charge in [0.1, 0.15) is 0 Å². The predicted molar refractivity (Wildman–Crippen MR) is 42.7 cm³/mol. The SMILES string of the molecule is CC(C)C1CC(C(C)O)C1. The zero-order valence-corrected chi connectivity index (χ0v) is 7.17. The molecule has 0 heterocycles. The number of aliphatic hydroxyl groups excluding tert-OH is 1. The molecule has 0 aromatic heterocycles. The second kappa shape index (κ2) is 2.91. The highest BCUT2D eigenvalue weighted by molar-refractivity contribution is 4.83. The average Bonchev–Trinajstić information content (AvgIpc) is 1.56. The van der Waals surface area contributed by atoms with Crippen molar-refractivity contribution in [2.24, 2.45) is 17.8 Å². The Morgan fingerprint density at radius 2 is 1.60 bits per heavy atom. The van der Waals surface area contributed by atoms with Gasteiger partial charge in [0.05, 0.1) is 6.10 Å². The van der Waals surface area contributed by atoms with E-state index in [0.717, 1.165) is 11.8 Å². The molecule has 1 aliphatic rings. The molecule has 10 heavy (non-hydrogen) atoms. The van der Waals surface area contributed by atoms with E-state index in [1.807, 2.05) is 6.92 Å². The second-order valence-electron chi connectivity index (χ2n) is 3.98. The maximum Gasteiger partial charge on any atom is 0.0540 e. The average molecular weight is 142 g/mol. The molecule has 1 fully saturated rings. The summed E-state index contributed by atoms with van der Waals surface area (Å²) in [7, 11) is 0. The third-order valence-corrected chi connectivity index (χ3v) is 2.84. The lowest BCUT2D eigenvalue weighted by molar-refractivity contribution is 0.0229. The van der Waals surface area contributed by atoms with Crippen LogP contribution in [0.5, 0.6) is 0 Å². The Morgan fingerprint density at radius 3 is 1.90 bits per heavy atom. The maximum atomic E-state index is 9.17. The van der Waals surface area contributed by atoms with Crippen LogP contribution in [-0.4, -0.2) is 11.2 Å². The third kappa shape index (κ3) is 1.51. The van der Waals surface area contributed by atoms with Crippen LogP contribution in [0.1, 0.15) is 33.6 Å². The molecular formula is C9H18O. The fourth-order valence-corrected chi connectivity index (χ4v) is 1.65. The van der Waals surface area contributed by atoms with E-state index in [0.29, 0.717) is 5.92 Å². The van der Waals surface area contributed by atoms with Gasteiger partial charge < -0.3 is 5.11 Å². The summed E-state index contributed by atoms with van der Waals surface area (Å²) in [5.74, 6) is 2.31. The van der Waals surface area contributed by atoms with Gasteiger partial charge in [-0.3, -0.25) is 0 Å². The normalized spacial score (nSPS) is 35.7. The van der Waals surface area contributed by atoms with Crippen LogP contribution in [0, 0.1) is 17.8 Å². The zero-order valence-electron chi connectivity index (χ0n) is 7.17. The standard InChI is InChI=1S/C9H18O/c1-6(2)8-4-9(5-8)7(3)10/h6-10H,4-5H2,1-3H3. The third-order valence-electron chi connectivity index (χ3n) is 2.84. The van der Waals surface area contributed by atoms with Crippen molar-refractivity contribution in [3.05, 3.63) is 0 Å². The minimum Gasteiger partial charge on any atom is -0.393 e. The molecule has 0 aliphatic heterocycles. The molecule has 60 valence electrons. The summed E-state index contributed by atoms with van der Waals surface area (Å²) in [4.78, 5) is 0. The summed E-state index contributed by atoms with van der Waals surface area (Å²) in [5, 5.41) is 9.17. The molecule has 0 aromatic carbocycles. The number of hydrogen-bond acceptors (Lipinski definition) is 1. The minimum atomic E-state index is -0.0741. The van der Waals surface area contributed by atoms with Crippen molar-refractivity contribution in [3.8, 4) is 0 Å². The number of aliphatic hydroxyl groups is 1. The number of rotatable bonds is 2. The maximum absolute atomic E-state index is 9.17. The lowest BCUT2D eigenvalue weighted by Crippen LogP contribution is -2.34. The monoisotopic (exact) mass is 142 g/mol. The van der Waals surface area contributed by atoms with E-state index in [2.05, 4.69) is 13.8 Å². The van der Waals surface area contributed by atoms with Gasteiger partial charge in [0.2, 0.25) is 0 Å². The van der Waals surface area contributed by atoms with E-state index in [-0.39, 0.29) is 6.10 Å². The molecule has 1 aliphatic carbocycles. The van der Waals surface area contributed by atoms with Crippen LogP contribution in [0.3, 0.4) is 0 Å². The van der Waals surface area contributed by atoms with Gasteiger partial charge in [0.15, 0.2) is 0 Å². The lowest BCUT2D eigenvalue weighted by Gasteiger charge is -2.39. The molecule has 0 radical (unpaired) electrons. The van der Waals surface area contributed by atoms with Crippen LogP contribution in [0.15, 0.2) is 0 Å². The topological polar surface area (TPSA) is 20.2 Å². The van der Waals surface area contributed by atoms with Crippen LogP contribution < -0.4 is 0 Å². The van der Waals surface area contributed by atoms with Crippen molar-refractivity contribution < 1.29 is 5.11 Å². The van der Waals surface area contributed by atoms with Crippen LogP contribution in [-0.2, 0) is 0 Å². The molecule has 1 heteroatoms. The molecule has 1 nitrogen and oxygen atoms in total. The van der Waals surface area contributed by atoms with E-state index in [1.165, 1.54) is 12.8 Å². The second-order valence-corrected chi connectivity index (χ2v) is 3.98. The van der Waals surface area contributed by atoms with Crippen molar-refractivity contribution >= 4 is 0 Å². The summed E-state index contributed by atoms with van der Waals surface area (Å²) >= 11 is 0. The molecule has 1 N–H and O–H groups in total. The van der Waals surface area contributed by atoms with E-state index < -0.39 is 0 Å². The molecule has 0 aromatic rings. The Labute approximate surface area is 63.4 Å². The molecule has 0 spiro atoms. The predicted octanol–water partition coefficient (Wildman–Crippen LogP) is 2.05. The van der Waals surface area contributed by atoms with Crippen LogP contribution in [0.2, 0.25) is 0 Å². The van der Waals surface area contributed by atoms with Gasteiger partial charge in [-0.2, -0.15) is 0 Å². The van der Waals surface area contributed by atoms with Gasteiger partial charge in [-0.1, -0.05) is 13.8 Å². The lowest BCUT2D eigenvalue weighted by atomic mass is 9.68. The Kier molecular flexibility index (Phi) is 2.35. The first kappa shape index (κ1) is 8.06. The van der Waals surface area contributed by atoms with E-state index >= 15 is 0 Å². The smallest absolute Gasteiger partial charge is 0.0540 e. The van der Waals surface area contributed by atoms with Crippen LogP contribution >= 0.6 is 0 Å². The van der Waals surface area contributed by atoms with Crippen molar-refractivity contribution in [2.75, 3.05) is 0 Å². The van der Waals surface area contributed by atoms with Crippen LogP contribution in [0.4, 0.5) is 0 Å². The first-order chi connectivity index (χ1) is 4.61. The molecular weight excluding hydrogens is 124 g/mol. The van der Waals surface area contributed by atoms with E-state index in [4.69, 9.17) is 0 Å². The van der Waals surface area contributed by atoms with Gasteiger partial charge in [-0.05, 0) is 37.5 Å². The molecule has 1 atom stereocenters. The van der Waals surface area contributed by atoms with Gasteiger partial charge in [-0.15, -0.1) is 0 Å². The quantitative estimate of drug-likeness (QED) is 0.625. The summed E-state index contributed by atoms with van der Waals surface area (Å²) in [5.41, 5.74) is 0. The summed E-state index contributed by atoms with van der Waals surface area (Å²) in [6.07, 6.45) is 2.42. The Morgan fingerprint density at radius 1 is 1.10 bits per heavy atom. The van der Waals surface area contributed by atoms with E-state index in [1.54, 1.807) is 0 Å². The molecule has 1 unspecified atom stereocenters.